The summed E-state index contributed by atoms with van der Waals surface area (Å²) in [5.41, 5.74) is 0. The van der Waals surface area contributed by atoms with Crippen LogP contribution in [0, 0.1) is 0 Å². The van der Waals surface area contributed by atoms with Gasteiger partial charge in [-0.2, -0.15) is 0 Å². The van der Waals surface area contributed by atoms with Gasteiger partial charge < -0.3 is 4.74 Å². The molecule has 0 unspecified atom stereocenters. The molecule has 1 heterocycles. The lowest BCUT2D eigenvalue weighted by atomic mass is 10.3. The highest BCUT2D eigenvalue weighted by Crippen LogP contribution is 2.12. The Hall–Kier alpha value is -0.550. The number of primary sulfonamides is 1. The maximum absolute atomic E-state index is 10.6. The Morgan fingerprint density at radius 1 is 1.60 bits per heavy atom. The number of allylic oxidation sites excluding steroid dienone is 1. The molecule has 58 valence electrons. The van der Waals surface area contributed by atoms with Crippen LogP contribution in [-0.4, -0.2) is 15.0 Å². The van der Waals surface area contributed by atoms with Crippen molar-refractivity contribution >= 4 is 10.0 Å². The standard InChI is InChI=1S/C5H9NO3S/c6-10(7,8)5-3-1-2-4-9-5/h3H,1-2,4H2,(H2,6,7,8). The van der Waals surface area contributed by atoms with Crippen LogP contribution in [0.15, 0.2) is 11.2 Å². The van der Waals surface area contributed by atoms with Gasteiger partial charge in [0, 0.05) is 0 Å². The summed E-state index contributed by atoms with van der Waals surface area (Å²) in [6, 6.07) is 0. The first-order valence-corrected chi connectivity index (χ1v) is 4.51. The number of hydrogen-bond acceptors (Lipinski definition) is 3. The van der Waals surface area contributed by atoms with Crippen molar-refractivity contribution < 1.29 is 13.2 Å². The van der Waals surface area contributed by atoms with E-state index in [0.29, 0.717) is 6.61 Å². The molecule has 0 saturated carbocycles. The molecule has 0 spiro atoms. The fraction of sp³-hybridized carbons (Fsp3) is 0.600. The minimum atomic E-state index is -3.59. The maximum atomic E-state index is 10.6. The molecule has 0 fully saturated rings. The number of hydrogen-bond donors (Lipinski definition) is 1. The predicted octanol–water partition coefficient (Wildman–Crippen LogP) is -0.0733. The van der Waals surface area contributed by atoms with Crippen LogP contribution in [0.4, 0.5) is 0 Å². The molecule has 1 aliphatic rings. The number of nitrogens with two attached hydrogens (primary N) is 1. The first-order chi connectivity index (χ1) is 4.61. The lowest BCUT2D eigenvalue weighted by Crippen LogP contribution is -2.19. The quantitative estimate of drug-likeness (QED) is 0.588. The van der Waals surface area contributed by atoms with Gasteiger partial charge in [0.25, 0.3) is 10.0 Å². The van der Waals surface area contributed by atoms with Gasteiger partial charge in [0.15, 0.2) is 0 Å². The van der Waals surface area contributed by atoms with Crippen molar-refractivity contribution in [3.63, 3.8) is 0 Å². The summed E-state index contributed by atoms with van der Waals surface area (Å²) in [5, 5.41) is 4.70. The summed E-state index contributed by atoms with van der Waals surface area (Å²) in [6.45, 7) is 0.447. The molecule has 0 aromatic heterocycles. The van der Waals surface area contributed by atoms with Gasteiger partial charge in [-0.25, -0.2) is 13.6 Å². The smallest absolute Gasteiger partial charge is 0.270 e. The predicted molar refractivity (Wildman–Crippen MR) is 36.4 cm³/mol. The first kappa shape index (κ1) is 7.56. The number of ether oxygens (including phenoxy) is 1. The van der Waals surface area contributed by atoms with Crippen molar-refractivity contribution in [1.82, 2.24) is 0 Å². The zero-order valence-electron chi connectivity index (χ0n) is 5.41. The van der Waals surface area contributed by atoms with Gasteiger partial charge in [0.2, 0.25) is 5.09 Å². The third-order valence-electron chi connectivity index (χ3n) is 1.18. The van der Waals surface area contributed by atoms with Crippen LogP contribution in [0.3, 0.4) is 0 Å². The second-order valence-corrected chi connectivity index (χ2v) is 3.55. The van der Waals surface area contributed by atoms with Gasteiger partial charge in [0.1, 0.15) is 0 Å². The molecular weight excluding hydrogens is 154 g/mol. The molecule has 0 aromatic rings. The first-order valence-electron chi connectivity index (χ1n) is 2.96. The van der Waals surface area contributed by atoms with E-state index in [4.69, 9.17) is 9.88 Å². The Kier molecular flexibility index (Phi) is 1.96. The highest BCUT2D eigenvalue weighted by atomic mass is 32.2. The van der Waals surface area contributed by atoms with Crippen LogP contribution < -0.4 is 5.14 Å². The molecule has 0 atom stereocenters. The Morgan fingerprint density at radius 2 is 2.30 bits per heavy atom. The fourth-order valence-electron chi connectivity index (χ4n) is 0.733. The molecule has 0 aliphatic carbocycles. The average Bonchev–Trinajstić information content (AvgIpc) is 1.88. The van der Waals surface area contributed by atoms with Crippen molar-refractivity contribution in [2.24, 2.45) is 5.14 Å². The van der Waals surface area contributed by atoms with E-state index in [0.717, 1.165) is 12.8 Å². The third kappa shape index (κ3) is 1.71. The zero-order valence-corrected chi connectivity index (χ0v) is 6.23. The normalized spacial score (nSPS) is 19.5. The van der Waals surface area contributed by atoms with Crippen molar-refractivity contribution in [2.75, 3.05) is 6.61 Å². The molecule has 5 heteroatoms. The highest BCUT2D eigenvalue weighted by Gasteiger charge is 2.15. The molecule has 0 amide bonds. The van der Waals surface area contributed by atoms with E-state index in [1.165, 1.54) is 6.08 Å². The van der Waals surface area contributed by atoms with Gasteiger partial charge in [-0.1, -0.05) is 0 Å². The summed E-state index contributed by atoms with van der Waals surface area (Å²) in [6.07, 6.45) is 3.09. The minimum Gasteiger partial charge on any atom is -0.482 e. The van der Waals surface area contributed by atoms with Gasteiger partial charge >= 0.3 is 0 Å². The minimum absolute atomic E-state index is 0.0845. The zero-order chi connectivity index (χ0) is 7.61. The summed E-state index contributed by atoms with van der Waals surface area (Å²) in [7, 11) is -3.59. The Balaban J connectivity index is 2.82. The molecule has 4 nitrogen and oxygen atoms in total. The van der Waals surface area contributed by atoms with Crippen molar-refractivity contribution in [3.8, 4) is 0 Å². The Bertz CT molecular complexity index is 242. The molecule has 0 bridgehead atoms. The second kappa shape index (κ2) is 2.59. The van der Waals surface area contributed by atoms with E-state index in [2.05, 4.69) is 0 Å². The van der Waals surface area contributed by atoms with Gasteiger partial charge in [0.05, 0.1) is 6.61 Å². The van der Waals surface area contributed by atoms with Gasteiger partial charge in [-0.15, -0.1) is 0 Å². The molecule has 0 radical (unpaired) electrons. The topological polar surface area (TPSA) is 69.4 Å². The molecule has 0 aromatic carbocycles. The third-order valence-corrected chi connectivity index (χ3v) is 2.03. The van der Waals surface area contributed by atoms with Crippen LogP contribution in [0.25, 0.3) is 0 Å². The Labute approximate surface area is 59.7 Å². The number of rotatable bonds is 1. The number of sulfonamides is 1. The summed E-state index contributed by atoms with van der Waals surface area (Å²) in [5.74, 6) is 0. The van der Waals surface area contributed by atoms with Gasteiger partial charge in [-0.3, -0.25) is 0 Å². The molecule has 1 aliphatic heterocycles. The highest BCUT2D eigenvalue weighted by molar-refractivity contribution is 7.92. The average molecular weight is 163 g/mol. The van der Waals surface area contributed by atoms with Crippen LogP contribution in [0.5, 0.6) is 0 Å². The SMILES string of the molecule is NS(=O)(=O)C1=CCCCO1. The Morgan fingerprint density at radius 3 is 2.60 bits per heavy atom. The maximum Gasteiger partial charge on any atom is 0.270 e. The van der Waals surface area contributed by atoms with Crippen LogP contribution in [0.2, 0.25) is 0 Å². The van der Waals surface area contributed by atoms with Crippen LogP contribution in [0.1, 0.15) is 12.8 Å². The summed E-state index contributed by atoms with van der Waals surface area (Å²) < 4.78 is 25.9. The van der Waals surface area contributed by atoms with Crippen molar-refractivity contribution in [1.29, 1.82) is 0 Å². The van der Waals surface area contributed by atoms with Crippen molar-refractivity contribution in [3.05, 3.63) is 11.2 Å². The molecule has 0 saturated heterocycles. The lowest BCUT2D eigenvalue weighted by Gasteiger charge is -2.11. The van der Waals surface area contributed by atoms with E-state index >= 15 is 0 Å². The molecular formula is C5H9NO3S. The van der Waals surface area contributed by atoms with E-state index in [-0.39, 0.29) is 5.09 Å². The molecule has 10 heavy (non-hydrogen) atoms. The monoisotopic (exact) mass is 163 g/mol. The summed E-state index contributed by atoms with van der Waals surface area (Å²) in [4.78, 5) is 0. The van der Waals surface area contributed by atoms with Gasteiger partial charge in [-0.05, 0) is 18.9 Å². The largest absolute Gasteiger partial charge is 0.482 e. The molecule has 2 N–H and O–H groups in total. The van der Waals surface area contributed by atoms with Crippen LogP contribution in [-0.2, 0) is 14.8 Å². The lowest BCUT2D eigenvalue weighted by molar-refractivity contribution is 0.215. The van der Waals surface area contributed by atoms with E-state index in [1.54, 1.807) is 0 Å². The summed E-state index contributed by atoms with van der Waals surface area (Å²) >= 11 is 0. The van der Waals surface area contributed by atoms with E-state index in [9.17, 15) is 8.42 Å². The van der Waals surface area contributed by atoms with E-state index < -0.39 is 10.0 Å². The molecule has 1 rings (SSSR count). The van der Waals surface area contributed by atoms with Crippen molar-refractivity contribution in [2.45, 2.75) is 12.8 Å². The fourth-order valence-corrected chi connectivity index (χ4v) is 1.33. The second-order valence-electron chi connectivity index (χ2n) is 2.06. The van der Waals surface area contributed by atoms with Crippen LogP contribution >= 0.6 is 0 Å². The van der Waals surface area contributed by atoms with E-state index in [1.807, 2.05) is 0 Å².